The molecule has 1 aromatic carbocycles. The van der Waals surface area contributed by atoms with Crippen molar-refractivity contribution in [3.63, 3.8) is 0 Å². The molecule has 2 aromatic heterocycles. The Bertz CT molecular complexity index is 867. The molecule has 0 bridgehead atoms. The summed E-state index contributed by atoms with van der Waals surface area (Å²) in [6, 6.07) is 13.6. The third-order valence-corrected chi connectivity index (χ3v) is 4.47. The standard InChI is InChI=1S/C20H24N4O2/c1-14-19(15(2)24(22-14)16-9-6-5-7-10-16)20(25)21-13-17(23(3)4)18-11-8-12-26-18/h5-12,17H,13H2,1-4H3,(H,21,25). The molecule has 1 amide bonds. The van der Waals surface area contributed by atoms with Crippen LogP contribution in [0.3, 0.4) is 0 Å². The molecule has 136 valence electrons. The van der Waals surface area contributed by atoms with Gasteiger partial charge < -0.3 is 9.73 Å². The monoisotopic (exact) mass is 352 g/mol. The van der Waals surface area contributed by atoms with Gasteiger partial charge in [0.05, 0.1) is 34.9 Å². The molecule has 0 aliphatic carbocycles. The van der Waals surface area contributed by atoms with Crippen molar-refractivity contribution in [2.45, 2.75) is 19.9 Å². The molecule has 6 heteroatoms. The minimum atomic E-state index is -0.124. The van der Waals surface area contributed by atoms with Gasteiger partial charge in [0, 0.05) is 6.54 Å². The van der Waals surface area contributed by atoms with E-state index in [-0.39, 0.29) is 11.9 Å². The van der Waals surface area contributed by atoms with Gasteiger partial charge in [-0.15, -0.1) is 0 Å². The lowest BCUT2D eigenvalue weighted by Gasteiger charge is -2.22. The second-order valence-electron chi connectivity index (χ2n) is 6.50. The second kappa shape index (κ2) is 7.58. The van der Waals surface area contributed by atoms with Gasteiger partial charge in [-0.25, -0.2) is 4.68 Å². The zero-order valence-corrected chi connectivity index (χ0v) is 15.6. The fourth-order valence-electron chi connectivity index (χ4n) is 3.09. The van der Waals surface area contributed by atoms with Gasteiger partial charge in [-0.2, -0.15) is 5.10 Å². The minimum absolute atomic E-state index is 0.0290. The molecule has 0 aliphatic rings. The Labute approximate surface area is 153 Å². The Hall–Kier alpha value is -2.86. The Morgan fingerprint density at radius 2 is 1.92 bits per heavy atom. The average Bonchev–Trinajstić information content (AvgIpc) is 3.24. The Morgan fingerprint density at radius 1 is 1.19 bits per heavy atom. The summed E-state index contributed by atoms with van der Waals surface area (Å²) in [6.07, 6.45) is 1.64. The number of hydrogen-bond acceptors (Lipinski definition) is 4. The van der Waals surface area contributed by atoms with Crippen molar-refractivity contribution in [3.05, 3.63) is 71.4 Å². The molecule has 3 aromatic rings. The molecule has 0 saturated heterocycles. The number of nitrogens with one attached hydrogen (secondary N) is 1. The van der Waals surface area contributed by atoms with Crippen LogP contribution in [0.2, 0.25) is 0 Å². The van der Waals surface area contributed by atoms with Crippen molar-refractivity contribution in [2.75, 3.05) is 20.6 Å². The molecule has 1 N–H and O–H groups in total. The van der Waals surface area contributed by atoms with Crippen LogP contribution in [0.25, 0.3) is 5.69 Å². The highest BCUT2D eigenvalue weighted by Gasteiger charge is 2.22. The average molecular weight is 352 g/mol. The van der Waals surface area contributed by atoms with E-state index in [4.69, 9.17) is 4.42 Å². The maximum atomic E-state index is 12.8. The Balaban J connectivity index is 1.79. The second-order valence-corrected chi connectivity index (χ2v) is 6.50. The number of para-hydroxylation sites is 1. The predicted molar refractivity (Wildman–Crippen MR) is 101 cm³/mol. The lowest BCUT2D eigenvalue weighted by molar-refractivity contribution is 0.0938. The van der Waals surface area contributed by atoms with Crippen molar-refractivity contribution in [1.29, 1.82) is 0 Å². The third kappa shape index (κ3) is 3.55. The lowest BCUT2D eigenvalue weighted by Crippen LogP contribution is -2.34. The van der Waals surface area contributed by atoms with Crippen molar-refractivity contribution < 1.29 is 9.21 Å². The van der Waals surface area contributed by atoms with Crippen LogP contribution in [0.1, 0.15) is 33.5 Å². The number of likely N-dealkylation sites (N-methyl/N-ethyl adjacent to an activating group) is 1. The molecular formula is C20H24N4O2. The van der Waals surface area contributed by atoms with Crippen LogP contribution in [0.5, 0.6) is 0 Å². The fourth-order valence-corrected chi connectivity index (χ4v) is 3.09. The molecule has 0 saturated carbocycles. The molecule has 2 heterocycles. The largest absolute Gasteiger partial charge is 0.468 e. The Kier molecular flexibility index (Phi) is 5.23. The molecule has 3 rings (SSSR count). The smallest absolute Gasteiger partial charge is 0.255 e. The van der Waals surface area contributed by atoms with Crippen molar-refractivity contribution >= 4 is 5.91 Å². The molecule has 0 fully saturated rings. The topological polar surface area (TPSA) is 63.3 Å². The van der Waals surface area contributed by atoms with E-state index in [9.17, 15) is 4.79 Å². The van der Waals surface area contributed by atoms with E-state index in [1.165, 1.54) is 0 Å². The van der Waals surface area contributed by atoms with Crippen LogP contribution >= 0.6 is 0 Å². The van der Waals surface area contributed by atoms with Crippen LogP contribution in [-0.4, -0.2) is 41.2 Å². The summed E-state index contributed by atoms with van der Waals surface area (Å²) >= 11 is 0. The van der Waals surface area contributed by atoms with Gasteiger partial charge in [-0.05, 0) is 52.2 Å². The summed E-state index contributed by atoms with van der Waals surface area (Å²) in [4.78, 5) is 14.8. The number of aromatic nitrogens is 2. The first kappa shape index (κ1) is 17.9. The van der Waals surface area contributed by atoms with E-state index in [1.54, 1.807) is 10.9 Å². The number of furan rings is 1. The lowest BCUT2D eigenvalue weighted by atomic mass is 10.1. The molecule has 6 nitrogen and oxygen atoms in total. The fraction of sp³-hybridized carbons (Fsp3) is 0.300. The van der Waals surface area contributed by atoms with Crippen LogP contribution in [-0.2, 0) is 0 Å². The number of carbonyl (C=O) groups excluding carboxylic acids is 1. The first-order valence-corrected chi connectivity index (χ1v) is 8.58. The highest BCUT2D eigenvalue weighted by molar-refractivity contribution is 5.96. The van der Waals surface area contributed by atoms with E-state index in [1.807, 2.05) is 75.3 Å². The first-order chi connectivity index (χ1) is 12.5. The van der Waals surface area contributed by atoms with Crippen LogP contribution < -0.4 is 5.32 Å². The Morgan fingerprint density at radius 3 is 2.54 bits per heavy atom. The van der Waals surface area contributed by atoms with Gasteiger partial charge in [0.1, 0.15) is 5.76 Å². The number of rotatable bonds is 6. The summed E-state index contributed by atoms with van der Waals surface area (Å²) in [7, 11) is 3.92. The SMILES string of the molecule is Cc1nn(-c2ccccc2)c(C)c1C(=O)NCC(c1ccco1)N(C)C. The van der Waals surface area contributed by atoms with Gasteiger partial charge in [0.2, 0.25) is 0 Å². The van der Waals surface area contributed by atoms with E-state index >= 15 is 0 Å². The van der Waals surface area contributed by atoms with E-state index in [0.29, 0.717) is 17.8 Å². The summed E-state index contributed by atoms with van der Waals surface area (Å²) in [5.41, 5.74) is 3.09. The third-order valence-electron chi connectivity index (χ3n) is 4.47. The van der Waals surface area contributed by atoms with Crippen LogP contribution in [0, 0.1) is 13.8 Å². The molecule has 1 atom stereocenters. The van der Waals surface area contributed by atoms with Crippen LogP contribution in [0.15, 0.2) is 53.1 Å². The van der Waals surface area contributed by atoms with Gasteiger partial charge in [0.25, 0.3) is 5.91 Å². The summed E-state index contributed by atoms with van der Waals surface area (Å²) in [5.74, 6) is 0.698. The summed E-state index contributed by atoms with van der Waals surface area (Å²) in [6.45, 7) is 4.23. The number of aryl methyl sites for hydroxylation is 1. The molecule has 26 heavy (non-hydrogen) atoms. The molecule has 0 aliphatic heterocycles. The minimum Gasteiger partial charge on any atom is -0.468 e. The van der Waals surface area contributed by atoms with Crippen molar-refractivity contribution in [1.82, 2.24) is 20.0 Å². The van der Waals surface area contributed by atoms with Gasteiger partial charge in [-0.1, -0.05) is 18.2 Å². The van der Waals surface area contributed by atoms with E-state index in [0.717, 1.165) is 17.1 Å². The van der Waals surface area contributed by atoms with Crippen molar-refractivity contribution in [2.24, 2.45) is 0 Å². The maximum absolute atomic E-state index is 12.8. The number of benzene rings is 1. The predicted octanol–water partition coefficient (Wildman–Crippen LogP) is 3.11. The number of nitrogens with zero attached hydrogens (tertiary/aromatic N) is 3. The van der Waals surface area contributed by atoms with Gasteiger partial charge >= 0.3 is 0 Å². The molecule has 0 spiro atoms. The van der Waals surface area contributed by atoms with E-state index < -0.39 is 0 Å². The van der Waals surface area contributed by atoms with Gasteiger partial charge in [-0.3, -0.25) is 9.69 Å². The van der Waals surface area contributed by atoms with Crippen molar-refractivity contribution in [3.8, 4) is 5.69 Å². The highest BCUT2D eigenvalue weighted by atomic mass is 16.3. The number of amides is 1. The highest BCUT2D eigenvalue weighted by Crippen LogP contribution is 2.20. The molecule has 0 radical (unpaired) electrons. The summed E-state index contributed by atoms with van der Waals surface area (Å²) in [5, 5.41) is 7.56. The molecule has 1 unspecified atom stereocenters. The van der Waals surface area contributed by atoms with Crippen LogP contribution in [0.4, 0.5) is 0 Å². The zero-order valence-electron chi connectivity index (χ0n) is 15.6. The number of carbonyl (C=O) groups is 1. The van der Waals surface area contributed by atoms with E-state index in [2.05, 4.69) is 10.4 Å². The zero-order chi connectivity index (χ0) is 18.7. The molecular weight excluding hydrogens is 328 g/mol. The van der Waals surface area contributed by atoms with Gasteiger partial charge in [0.15, 0.2) is 0 Å². The quantitative estimate of drug-likeness (QED) is 0.740. The maximum Gasteiger partial charge on any atom is 0.255 e. The normalized spacial score (nSPS) is 12.3. The first-order valence-electron chi connectivity index (χ1n) is 8.58. The number of hydrogen-bond donors (Lipinski definition) is 1. The summed E-state index contributed by atoms with van der Waals surface area (Å²) < 4.78 is 7.30.